The molecule has 0 bridgehead atoms. The summed E-state index contributed by atoms with van der Waals surface area (Å²) in [6.45, 7) is 7.61. The van der Waals surface area contributed by atoms with E-state index in [1.54, 1.807) is 0 Å². The van der Waals surface area contributed by atoms with Gasteiger partial charge in [0.15, 0.2) is 0 Å². The molecule has 2 atom stereocenters. The monoisotopic (exact) mass is 227 g/mol. The van der Waals surface area contributed by atoms with Gasteiger partial charge >= 0.3 is 6.03 Å². The SMILES string of the molecule is CCNC(=O)NCC1(N)CC(C)CC(C)C1. The highest BCUT2D eigenvalue weighted by atomic mass is 16.2. The van der Waals surface area contributed by atoms with Crippen molar-refractivity contribution in [3.63, 3.8) is 0 Å². The molecule has 0 spiro atoms. The zero-order valence-electron chi connectivity index (χ0n) is 10.7. The summed E-state index contributed by atoms with van der Waals surface area (Å²) in [5.41, 5.74) is 6.12. The van der Waals surface area contributed by atoms with E-state index in [4.69, 9.17) is 5.73 Å². The number of nitrogens with one attached hydrogen (secondary N) is 2. The topological polar surface area (TPSA) is 67.2 Å². The average Bonchev–Trinajstić information content (AvgIpc) is 2.13. The van der Waals surface area contributed by atoms with Gasteiger partial charge in [-0.1, -0.05) is 13.8 Å². The van der Waals surface area contributed by atoms with E-state index in [0.29, 0.717) is 24.9 Å². The quantitative estimate of drug-likeness (QED) is 0.683. The third-order valence-electron chi connectivity index (χ3n) is 3.25. The predicted octanol–water partition coefficient (Wildman–Crippen LogP) is 1.46. The molecule has 94 valence electrons. The molecule has 1 saturated carbocycles. The molecular formula is C12H25N3O. The molecule has 0 aromatic carbocycles. The van der Waals surface area contributed by atoms with Gasteiger partial charge in [0.1, 0.15) is 0 Å². The van der Waals surface area contributed by atoms with Crippen LogP contribution in [0.2, 0.25) is 0 Å². The Hall–Kier alpha value is -0.770. The summed E-state index contributed by atoms with van der Waals surface area (Å²) in [4.78, 5) is 11.3. The van der Waals surface area contributed by atoms with Crippen molar-refractivity contribution in [1.29, 1.82) is 0 Å². The molecule has 0 radical (unpaired) electrons. The molecule has 16 heavy (non-hydrogen) atoms. The fourth-order valence-corrected chi connectivity index (χ4v) is 2.95. The maximum atomic E-state index is 11.3. The minimum absolute atomic E-state index is 0.113. The molecule has 1 aliphatic rings. The number of nitrogens with two attached hydrogens (primary N) is 1. The van der Waals surface area contributed by atoms with Crippen molar-refractivity contribution in [2.75, 3.05) is 13.1 Å². The molecule has 0 aromatic rings. The standard InChI is InChI=1S/C12H25N3O/c1-4-14-11(16)15-8-12(13)6-9(2)5-10(3)7-12/h9-10H,4-8,13H2,1-3H3,(H2,14,15,16). The van der Waals surface area contributed by atoms with Crippen molar-refractivity contribution in [1.82, 2.24) is 10.6 Å². The van der Waals surface area contributed by atoms with E-state index in [0.717, 1.165) is 12.8 Å². The van der Waals surface area contributed by atoms with Crippen LogP contribution in [0.3, 0.4) is 0 Å². The fraction of sp³-hybridized carbons (Fsp3) is 0.917. The van der Waals surface area contributed by atoms with Crippen molar-refractivity contribution in [3.05, 3.63) is 0 Å². The Bertz CT molecular complexity index is 232. The summed E-state index contributed by atoms with van der Waals surface area (Å²) < 4.78 is 0. The zero-order chi connectivity index (χ0) is 12.2. The number of hydrogen-bond acceptors (Lipinski definition) is 2. The Morgan fingerprint density at radius 2 is 1.88 bits per heavy atom. The Labute approximate surface area is 98.3 Å². The van der Waals surface area contributed by atoms with Gasteiger partial charge < -0.3 is 16.4 Å². The molecule has 1 rings (SSSR count). The summed E-state index contributed by atoms with van der Waals surface area (Å²) in [6.07, 6.45) is 3.26. The lowest BCUT2D eigenvalue weighted by Crippen LogP contribution is -2.55. The van der Waals surface area contributed by atoms with Gasteiger partial charge in [-0.25, -0.2) is 4.79 Å². The van der Waals surface area contributed by atoms with Gasteiger partial charge in [0.2, 0.25) is 0 Å². The second-order valence-electron chi connectivity index (χ2n) is 5.43. The number of rotatable bonds is 3. The van der Waals surface area contributed by atoms with Crippen molar-refractivity contribution < 1.29 is 4.79 Å². The molecule has 4 heteroatoms. The number of carbonyl (C=O) groups excluding carboxylic acids is 1. The largest absolute Gasteiger partial charge is 0.338 e. The molecule has 1 fully saturated rings. The van der Waals surface area contributed by atoms with Gasteiger partial charge in [0.05, 0.1) is 0 Å². The second-order valence-corrected chi connectivity index (χ2v) is 5.43. The van der Waals surface area contributed by atoms with Crippen LogP contribution in [0.1, 0.15) is 40.0 Å². The van der Waals surface area contributed by atoms with Gasteiger partial charge in [-0.15, -0.1) is 0 Å². The number of urea groups is 1. The van der Waals surface area contributed by atoms with E-state index in [-0.39, 0.29) is 11.6 Å². The van der Waals surface area contributed by atoms with Gasteiger partial charge in [-0.05, 0) is 38.0 Å². The number of carbonyl (C=O) groups is 1. The van der Waals surface area contributed by atoms with E-state index < -0.39 is 0 Å². The van der Waals surface area contributed by atoms with Crippen molar-refractivity contribution in [2.24, 2.45) is 17.6 Å². The smallest absolute Gasteiger partial charge is 0.314 e. The molecule has 2 unspecified atom stereocenters. The molecular weight excluding hydrogens is 202 g/mol. The van der Waals surface area contributed by atoms with Crippen LogP contribution in [0.15, 0.2) is 0 Å². The fourth-order valence-electron chi connectivity index (χ4n) is 2.95. The normalized spacial score (nSPS) is 34.5. The van der Waals surface area contributed by atoms with Crippen LogP contribution < -0.4 is 16.4 Å². The van der Waals surface area contributed by atoms with Crippen LogP contribution in [0.4, 0.5) is 4.79 Å². The van der Waals surface area contributed by atoms with Gasteiger partial charge in [-0.2, -0.15) is 0 Å². The Morgan fingerprint density at radius 3 is 2.38 bits per heavy atom. The number of hydrogen-bond donors (Lipinski definition) is 3. The van der Waals surface area contributed by atoms with Crippen LogP contribution in [0.25, 0.3) is 0 Å². The van der Waals surface area contributed by atoms with E-state index in [2.05, 4.69) is 24.5 Å². The first-order chi connectivity index (χ1) is 7.45. The lowest BCUT2D eigenvalue weighted by atomic mass is 9.72. The third kappa shape index (κ3) is 4.00. The summed E-state index contributed by atoms with van der Waals surface area (Å²) in [5.74, 6) is 1.31. The summed E-state index contributed by atoms with van der Waals surface area (Å²) in [7, 11) is 0. The minimum Gasteiger partial charge on any atom is -0.338 e. The first-order valence-electron chi connectivity index (χ1n) is 6.26. The average molecular weight is 227 g/mol. The Balaban J connectivity index is 2.41. The van der Waals surface area contributed by atoms with Crippen LogP contribution in [-0.4, -0.2) is 24.7 Å². The second kappa shape index (κ2) is 5.53. The molecule has 4 nitrogen and oxygen atoms in total. The summed E-state index contributed by atoms with van der Waals surface area (Å²) in [5, 5.41) is 5.58. The minimum atomic E-state index is -0.220. The molecule has 1 aliphatic carbocycles. The lowest BCUT2D eigenvalue weighted by molar-refractivity contribution is 0.177. The molecule has 0 aromatic heterocycles. The van der Waals surface area contributed by atoms with E-state index >= 15 is 0 Å². The molecule has 0 aliphatic heterocycles. The highest BCUT2D eigenvalue weighted by Gasteiger charge is 2.34. The predicted molar refractivity (Wildman–Crippen MR) is 66.2 cm³/mol. The van der Waals surface area contributed by atoms with Gasteiger partial charge in [0, 0.05) is 18.6 Å². The maximum absolute atomic E-state index is 11.3. The van der Waals surface area contributed by atoms with Crippen LogP contribution in [0, 0.1) is 11.8 Å². The van der Waals surface area contributed by atoms with Crippen LogP contribution in [-0.2, 0) is 0 Å². The van der Waals surface area contributed by atoms with Crippen molar-refractivity contribution >= 4 is 6.03 Å². The highest BCUT2D eigenvalue weighted by molar-refractivity contribution is 5.73. The zero-order valence-corrected chi connectivity index (χ0v) is 10.7. The first kappa shape index (κ1) is 13.3. The number of amides is 2. The Morgan fingerprint density at radius 1 is 1.31 bits per heavy atom. The van der Waals surface area contributed by atoms with E-state index in [1.165, 1.54) is 6.42 Å². The molecule has 4 N–H and O–H groups in total. The van der Waals surface area contributed by atoms with Crippen LogP contribution >= 0.6 is 0 Å². The first-order valence-corrected chi connectivity index (χ1v) is 6.26. The highest BCUT2D eigenvalue weighted by Crippen LogP contribution is 2.33. The molecule has 2 amide bonds. The summed E-state index contributed by atoms with van der Waals surface area (Å²) in [6, 6.07) is -0.113. The summed E-state index contributed by atoms with van der Waals surface area (Å²) >= 11 is 0. The van der Waals surface area contributed by atoms with Gasteiger partial charge in [-0.3, -0.25) is 0 Å². The molecule has 0 saturated heterocycles. The van der Waals surface area contributed by atoms with Crippen molar-refractivity contribution in [2.45, 2.75) is 45.6 Å². The maximum Gasteiger partial charge on any atom is 0.314 e. The van der Waals surface area contributed by atoms with Crippen molar-refractivity contribution in [3.8, 4) is 0 Å². The molecule has 0 heterocycles. The van der Waals surface area contributed by atoms with E-state index in [1.807, 2.05) is 6.92 Å². The Kier molecular flexibility index (Phi) is 4.59. The van der Waals surface area contributed by atoms with Gasteiger partial charge in [0.25, 0.3) is 0 Å². The van der Waals surface area contributed by atoms with E-state index in [9.17, 15) is 4.79 Å². The lowest BCUT2D eigenvalue weighted by Gasteiger charge is -2.40. The van der Waals surface area contributed by atoms with Crippen LogP contribution in [0.5, 0.6) is 0 Å². The third-order valence-corrected chi connectivity index (χ3v) is 3.25.